The summed E-state index contributed by atoms with van der Waals surface area (Å²) in [5.74, 6) is -0.977. The molecule has 3 N–H and O–H groups in total. The molecule has 7 heteroatoms. The number of esters is 1. The van der Waals surface area contributed by atoms with Crippen molar-refractivity contribution in [1.82, 2.24) is 0 Å². The van der Waals surface area contributed by atoms with Crippen LogP contribution in [0.4, 0.5) is 0 Å². The van der Waals surface area contributed by atoms with Crippen molar-refractivity contribution in [2.75, 3.05) is 0 Å². The fourth-order valence-electron chi connectivity index (χ4n) is 9.77. The molecule has 0 saturated heterocycles. The molecular formula is C31H47BrO6. The quantitative estimate of drug-likeness (QED) is 0.252. The third-order valence-electron chi connectivity index (χ3n) is 11.8. The number of hydrogen-bond donors (Lipinski definition) is 3. The number of aliphatic hydroxyl groups is 2. The third-order valence-corrected chi connectivity index (χ3v) is 12.9. The number of hydrogen-bond acceptors (Lipinski definition) is 5. The summed E-state index contributed by atoms with van der Waals surface area (Å²) in [7, 11) is 0. The van der Waals surface area contributed by atoms with Crippen LogP contribution in [0.5, 0.6) is 0 Å². The molecule has 38 heavy (non-hydrogen) atoms. The number of aliphatic carboxylic acids is 1. The molecule has 4 saturated carbocycles. The van der Waals surface area contributed by atoms with Gasteiger partial charge in [0.15, 0.2) is 0 Å². The van der Waals surface area contributed by atoms with Crippen molar-refractivity contribution >= 4 is 27.9 Å². The number of carbonyl (C=O) groups is 2. The topological polar surface area (TPSA) is 104 Å². The molecule has 2 unspecified atom stereocenters. The van der Waals surface area contributed by atoms with Crippen LogP contribution in [0.15, 0.2) is 21.2 Å². The first-order chi connectivity index (χ1) is 17.6. The Bertz CT molecular complexity index is 1040. The van der Waals surface area contributed by atoms with Gasteiger partial charge in [0, 0.05) is 12.5 Å². The predicted molar refractivity (Wildman–Crippen MR) is 150 cm³/mol. The Morgan fingerprint density at radius 3 is 2.24 bits per heavy atom. The van der Waals surface area contributed by atoms with Crippen molar-refractivity contribution in [2.24, 2.45) is 39.9 Å². The van der Waals surface area contributed by atoms with Gasteiger partial charge in [0.1, 0.15) is 6.10 Å². The summed E-state index contributed by atoms with van der Waals surface area (Å²) in [6.45, 7) is 14.4. The Balaban J connectivity index is 1.83. The summed E-state index contributed by atoms with van der Waals surface area (Å²) in [6, 6.07) is 0. The Hall–Kier alpha value is -1.18. The number of aliphatic hydroxyl groups excluding tert-OH is 2. The van der Waals surface area contributed by atoms with Crippen LogP contribution in [0.3, 0.4) is 0 Å². The summed E-state index contributed by atoms with van der Waals surface area (Å²) in [5.41, 5.74) is 1.45. The van der Waals surface area contributed by atoms with Crippen LogP contribution in [0.2, 0.25) is 0 Å². The molecule has 0 spiro atoms. The molecule has 0 bridgehead atoms. The minimum Gasteiger partial charge on any atom is -0.478 e. The smallest absolute Gasteiger partial charge is 0.331 e. The third kappa shape index (κ3) is 4.52. The maximum absolute atomic E-state index is 12.7. The standard InChI is InChI=1S/C31H47BrO6/c1-16(2)22(32)9-8-19(28(36)37)26-21-14-24(35)27-29(5)12-11-23(34)17(3)20(29)10-13-30(27,6)31(21,7)15-25(26)38-18(4)33/h17,20-21,23-25,27,34-35H,8-15H2,1-7H3,(H,36,37)/t17-,20?,21+,23+,24+,25-,27?,29-,30-,31-/m0/s1. The highest BCUT2D eigenvalue weighted by Crippen LogP contribution is 2.74. The number of halogens is 1. The van der Waals surface area contributed by atoms with Gasteiger partial charge < -0.3 is 20.1 Å². The summed E-state index contributed by atoms with van der Waals surface area (Å²) < 4.78 is 6.87. The molecule has 0 radical (unpaired) electrons. The maximum Gasteiger partial charge on any atom is 0.331 e. The minimum absolute atomic E-state index is 0.0374. The van der Waals surface area contributed by atoms with Gasteiger partial charge in [0.2, 0.25) is 0 Å². The summed E-state index contributed by atoms with van der Waals surface area (Å²) >= 11 is 3.60. The molecule has 4 fully saturated rings. The van der Waals surface area contributed by atoms with Crippen LogP contribution >= 0.6 is 15.9 Å². The van der Waals surface area contributed by atoms with E-state index in [0.29, 0.717) is 42.7 Å². The van der Waals surface area contributed by atoms with Gasteiger partial charge in [-0.3, -0.25) is 4.79 Å². The average molecular weight is 596 g/mol. The van der Waals surface area contributed by atoms with E-state index in [1.807, 2.05) is 13.8 Å². The number of carboxylic acid groups (broad SMARTS) is 1. The highest BCUT2D eigenvalue weighted by atomic mass is 79.9. The first-order valence-electron chi connectivity index (χ1n) is 14.4. The second-order valence-electron chi connectivity index (χ2n) is 13.7. The Labute approximate surface area is 236 Å². The van der Waals surface area contributed by atoms with Crippen LogP contribution < -0.4 is 0 Å². The summed E-state index contributed by atoms with van der Waals surface area (Å²) in [4.78, 5) is 25.0. The van der Waals surface area contributed by atoms with Gasteiger partial charge in [-0.2, -0.15) is 0 Å². The van der Waals surface area contributed by atoms with E-state index in [-0.39, 0.29) is 40.1 Å². The molecule has 4 rings (SSSR count). The van der Waals surface area contributed by atoms with Crippen molar-refractivity contribution in [2.45, 2.75) is 118 Å². The lowest BCUT2D eigenvalue weighted by molar-refractivity contribution is -0.234. The first-order valence-corrected chi connectivity index (χ1v) is 15.2. The number of carboxylic acids is 1. The zero-order valence-corrected chi connectivity index (χ0v) is 25.7. The fraction of sp³-hybridized carbons (Fsp3) is 0.806. The lowest BCUT2D eigenvalue weighted by atomic mass is 9.36. The number of allylic oxidation sites excluding steroid dienone is 2. The van der Waals surface area contributed by atoms with Gasteiger partial charge in [-0.05, 0) is 115 Å². The van der Waals surface area contributed by atoms with Crippen molar-refractivity contribution < 1.29 is 29.6 Å². The molecule has 10 atom stereocenters. The van der Waals surface area contributed by atoms with E-state index >= 15 is 0 Å². The molecule has 0 aliphatic heterocycles. The minimum atomic E-state index is -0.969. The van der Waals surface area contributed by atoms with E-state index < -0.39 is 24.1 Å². The lowest BCUT2D eigenvalue weighted by Crippen LogP contribution is -2.65. The predicted octanol–water partition coefficient (Wildman–Crippen LogP) is 6.39. The molecule has 0 aromatic heterocycles. The summed E-state index contributed by atoms with van der Waals surface area (Å²) in [6.07, 6.45) is 3.99. The van der Waals surface area contributed by atoms with E-state index in [0.717, 1.165) is 35.7 Å². The molecule has 214 valence electrons. The van der Waals surface area contributed by atoms with Crippen LogP contribution in [0.25, 0.3) is 0 Å². The number of carbonyl (C=O) groups excluding carboxylic acids is 1. The van der Waals surface area contributed by atoms with Crippen molar-refractivity contribution in [1.29, 1.82) is 0 Å². The van der Waals surface area contributed by atoms with E-state index in [1.54, 1.807) is 0 Å². The highest BCUT2D eigenvalue weighted by molar-refractivity contribution is 9.11. The SMILES string of the molecule is CC(=O)O[C@H]1C[C@@]2(C)[C@H](C[C@@H](O)C3[C@@]4(C)CC[C@@H](O)[C@@H](C)C4CC[C@@]32C)C1=C(CCC(Br)=C(C)C)C(=O)O. The van der Waals surface area contributed by atoms with Crippen molar-refractivity contribution in [3.63, 3.8) is 0 Å². The van der Waals surface area contributed by atoms with E-state index in [1.165, 1.54) is 6.92 Å². The van der Waals surface area contributed by atoms with Crippen molar-refractivity contribution in [3.05, 3.63) is 21.2 Å². The molecule has 0 amide bonds. The van der Waals surface area contributed by atoms with Crippen LogP contribution in [0, 0.1) is 39.9 Å². The number of ether oxygens (including phenoxy) is 1. The molecular weight excluding hydrogens is 548 g/mol. The fourth-order valence-corrected chi connectivity index (χ4v) is 9.97. The molecule has 6 nitrogen and oxygen atoms in total. The average Bonchev–Trinajstić information content (AvgIpc) is 3.08. The molecule has 4 aliphatic carbocycles. The summed E-state index contributed by atoms with van der Waals surface area (Å²) in [5, 5.41) is 33.0. The van der Waals surface area contributed by atoms with E-state index in [9.17, 15) is 24.9 Å². The molecule has 0 aromatic carbocycles. The van der Waals surface area contributed by atoms with E-state index in [4.69, 9.17) is 4.74 Å². The van der Waals surface area contributed by atoms with Gasteiger partial charge in [-0.15, -0.1) is 0 Å². The van der Waals surface area contributed by atoms with Crippen LogP contribution in [-0.2, 0) is 14.3 Å². The second kappa shape index (κ2) is 10.3. The van der Waals surface area contributed by atoms with Crippen molar-refractivity contribution in [3.8, 4) is 0 Å². The lowest BCUT2D eigenvalue weighted by Gasteiger charge is -2.69. The molecule has 0 aromatic rings. The number of fused-ring (bicyclic) bond motifs is 5. The van der Waals surface area contributed by atoms with Gasteiger partial charge in [0.25, 0.3) is 0 Å². The zero-order chi connectivity index (χ0) is 28.4. The Morgan fingerprint density at radius 2 is 1.66 bits per heavy atom. The maximum atomic E-state index is 12.7. The van der Waals surface area contributed by atoms with Crippen LogP contribution in [0.1, 0.15) is 99.8 Å². The molecule has 4 aliphatic rings. The second-order valence-corrected chi connectivity index (χ2v) is 14.7. The normalized spacial score (nSPS) is 45.4. The van der Waals surface area contributed by atoms with Crippen LogP contribution in [-0.4, -0.2) is 45.6 Å². The monoisotopic (exact) mass is 594 g/mol. The Kier molecular flexibility index (Phi) is 8.10. The van der Waals surface area contributed by atoms with Gasteiger partial charge >= 0.3 is 11.9 Å². The van der Waals surface area contributed by atoms with Gasteiger partial charge in [-0.25, -0.2) is 4.79 Å². The van der Waals surface area contributed by atoms with Gasteiger partial charge in [-0.1, -0.05) is 49.2 Å². The Morgan fingerprint density at radius 1 is 1.00 bits per heavy atom. The van der Waals surface area contributed by atoms with E-state index in [2.05, 4.69) is 43.6 Å². The largest absolute Gasteiger partial charge is 0.478 e. The van der Waals surface area contributed by atoms with Gasteiger partial charge in [0.05, 0.1) is 12.2 Å². The zero-order valence-electron chi connectivity index (χ0n) is 24.1. The first kappa shape index (κ1) is 29.8. The molecule has 0 heterocycles. The highest BCUT2D eigenvalue weighted by Gasteiger charge is 2.70. The number of rotatable bonds is 5.